The molecule has 0 unspecified atom stereocenters. The first-order valence-electron chi connectivity index (χ1n) is 7.41. The van der Waals surface area contributed by atoms with Gasteiger partial charge in [-0.15, -0.1) is 0 Å². The van der Waals surface area contributed by atoms with E-state index in [1.54, 1.807) is 0 Å². The van der Waals surface area contributed by atoms with Crippen LogP contribution in [0.25, 0.3) is 0 Å². The van der Waals surface area contributed by atoms with E-state index < -0.39 is 0 Å². The Balaban J connectivity index is -0.000000216. The second kappa shape index (κ2) is 21.8. The Morgan fingerprint density at radius 3 is 1.30 bits per heavy atom. The smallest absolute Gasteiger partial charge is 1.00 e. The summed E-state index contributed by atoms with van der Waals surface area (Å²) in [5, 5.41) is 7.23. The predicted octanol–water partition coefficient (Wildman–Crippen LogP) is -7.04. The number of halogens is 2. The molecule has 1 aliphatic heterocycles. The Labute approximate surface area is 187 Å². The van der Waals surface area contributed by atoms with Crippen LogP contribution >= 0.6 is 0 Å². The van der Waals surface area contributed by atoms with Gasteiger partial charge in [0, 0.05) is 38.3 Å². The minimum Gasteiger partial charge on any atom is -1.00 e. The van der Waals surface area contributed by atoms with Crippen molar-refractivity contribution in [1.29, 1.82) is 0 Å². The van der Waals surface area contributed by atoms with E-state index in [-0.39, 0.29) is 76.0 Å². The standard InChI is InChI=1S/C14H32N4.Cu.2HI.2H2O/c1-13-5-9-17(3)12-8-16-14(2)6-10-18(4)11-7-15-13;;;;;/h13-16H,5-12H2,1-4H3;;2*1H;2*1H2/q;+2;;;;/p-2/t13-,14+;;;;;. The summed E-state index contributed by atoms with van der Waals surface area (Å²) in [6.45, 7) is 11.4. The molecule has 0 aromatic heterocycles. The van der Waals surface area contributed by atoms with Gasteiger partial charge in [0.25, 0.3) is 0 Å². The molecule has 1 aliphatic rings. The van der Waals surface area contributed by atoms with Gasteiger partial charge in [0.2, 0.25) is 0 Å². The normalized spacial score (nSPS) is 25.0. The SMILES string of the molecule is C[C@@H]1CCN(C)CCN[C@@H](C)CCN(C)CCN1.O.O.[Cu+2].[I-].[I-]. The summed E-state index contributed by atoms with van der Waals surface area (Å²) in [5.41, 5.74) is 0. The van der Waals surface area contributed by atoms with E-state index >= 15 is 0 Å². The molecule has 0 amide bonds. The molecule has 6 nitrogen and oxygen atoms in total. The molecule has 0 aromatic carbocycles. The van der Waals surface area contributed by atoms with Crippen LogP contribution in [-0.2, 0) is 17.1 Å². The summed E-state index contributed by atoms with van der Waals surface area (Å²) in [7, 11) is 4.44. The fourth-order valence-corrected chi connectivity index (χ4v) is 2.26. The van der Waals surface area contributed by atoms with E-state index in [0.717, 1.165) is 26.2 Å². The molecule has 2 atom stereocenters. The van der Waals surface area contributed by atoms with Crippen LogP contribution in [0, 0.1) is 0 Å². The van der Waals surface area contributed by atoms with Crippen LogP contribution in [-0.4, -0.2) is 86.2 Å². The molecule has 1 heterocycles. The van der Waals surface area contributed by atoms with Crippen molar-refractivity contribution in [2.24, 2.45) is 0 Å². The number of hydrogen-bond acceptors (Lipinski definition) is 4. The minimum atomic E-state index is 0. The van der Waals surface area contributed by atoms with Gasteiger partial charge in [-0.2, -0.15) is 0 Å². The van der Waals surface area contributed by atoms with Gasteiger partial charge in [-0.1, -0.05) is 0 Å². The van der Waals surface area contributed by atoms with Crippen molar-refractivity contribution in [3.05, 3.63) is 0 Å². The minimum absolute atomic E-state index is 0. The monoisotopic (exact) mass is 609 g/mol. The summed E-state index contributed by atoms with van der Waals surface area (Å²) in [6.07, 6.45) is 2.46. The molecule has 0 saturated carbocycles. The van der Waals surface area contributed by atoms with Crippen LogP contribution in [0.1, 0.15) is 26.7 Å². The quantitative estimate of drug-likeness (QED) is 0.211. The molecule has 6 N–H and O–H groups in total. The molecule has 0 spiro atoms. The van der Waals surface area contributed by atoms with Crippen LogP contribution in [0.4, 0.5) is 0 Å². The fraction of sp³-hybridized carbons (Fsp3) is 1.00. The van der Waals surface area contributed by atoms with Crippen LogP contribution < -0.4 is 58.6 Å². The molecule has 1 saturated heterocycles. The number of nitrogens with one attached hydrogen (secondary N) is 2. The third kappa shape index (κ3) is 19.9. The van der Waals surface area contributed by atoms with E-state index in [2.05, 4.69) is 48.4 Å². The maximum Gasteiger partial charge on any atom is 2.00 e. The van der Waals surface area contributed by atoms with E-state index in [4.69, 9.17) is 0 Å². The number of likely N-dealkylation sites (N-methyl/N-ethyl adjacent to an activating group) is 2. The van der Waals surface area contributed by atoms with Crippen molar-refractivity contribution in [3.63, 3.8) is 0 Å². The largest absolute Gasteiger partial charge is 2.00 e. The molecule has 0 aliphatic carbocycles. The molecular weight excluding hydrogens is 574 g/mol. The second-order valence-corrected chi connectivity index (χ2v) is 5.89. The first kappa shape index (κ1) is 35.8. The van der Waals surface area contributed by atoms with Crippen molar-refractivity contribution in [2.75, 3.05) is 53.4 Å². The van der Waals surface area contributed by atoms with Crippen molar-refractivity contribution in [1.82, 2.24) is 20.4 Å². The molecule has 0 aromatic rings. The number of hydrogen-bond donors (Lipinski definition) is 2. The zero-order chi connectivity index (χ0) is 13.4. The average Bonchev–Trinajstić information content (AvgIpc) is 2.33. The van der Waals surface area contributed by atoms with Crippen LogP contribution in [0.15, 0.2) is 0 Å². The fourth-order valence-electron chi connectivity index (χ4n) is 2.26. The summed E-state index contributed by atoms with van der Waals surface area (Å²) in [4.78, 5) is 4.85. The van der Waals surface area contributed by atoms with E-state index in [9.17, 15) is 0 Å². The van der Waals surface area contributed by atoms with Gasteiger partial charge in [-0.05, 0) is 53.9 Å². The molecule has 0 bridgehead atoms. The first-order valence-corrected chi connectivity index (χ1v) is 7.41. The number of nitrogens with zero attached hydrogens (tertiary/aromatic N) is 2. The third-order valence-corrected chi connectivity index (χ3v) is 3.86. The van der Waals surface area contributed by atoms with Crippen molar-refractivity contribution in [3.8, 4) is 0 Å². The molecule has 23 heavy (non-hydrogen) atoms. The van der Waals surface area contributed by atoms with Gasteiger partial charge < -0.3 is 79.3 Å². The van der Waals surface area contributed by atoms with Crippen molar-refractivity contribution >= 4 is 0 Å². The summed E-state index contributed by atoms with van der Waals surface area (Å²) >= 11 is 0. The summed E-state index contributed by atoms with van der Waals surface area (Å²) in [6, 6.07) is 1.24. The number of rotatable bonds is 0. The molecule has 149 valence electrons. The van der Waals surface area contributed by atoms with Gasteiger partial charge >= 0.3 is 17.1 Å². The average molecular weight is 610 g/mol. The first-order chi connectivity index (χ1) is 8.58. The topological polar surface area (TPSA) is 93.5 Å². The van der Waals surface area contributed by atoms with Crippen molar-refractivity contribution < 1.29 is 76.0 Å². The zero-order valence-corrected chi connectivity index (χ0v) is 20.0. The van der Waals surface area contributed by atoms with Crippen LogP contribution in [0.2, 0.25) is 0 Å². The molecule has 1 fully saturated rings. The Morgan fingerprint density at radius 2 is 1.00 bits per heavy atom. The zero-order valence-electron chi connectivity index (χ0n) is 14.8. The van der Waals surface area contributed by atoms with Crippen LogP contribution in [0.3, 0.4) is 0 Å². The van der Waals surface area contributed by atoms with Crippen LogP contribution in [0.5, 0.6) is 0 Å². The van der Waals surface area contributed by atoms with Crippen molar-refractivity contribution in [2.45, 2.75) is 38.8 Å². The maximum atomic E-state index is 3.61. The van der Waals surface area contributed by atoms with Gasteiger partial charge in [0.05, 0.1) is 0 Å². The van der Waals surface area contributed by atoms with Gasteiger partial charge in [-0.25, -0.2) is 0 Å². The molecule has 9 heteroatoms. The van der Waals surface area contributed by atoms with E-state index in [1.165, 1.54) is 25.9 Å². The van der Waals surface area contributed by atoms with Gasteiger partial charge in [0.1, 0.15) is 0 Å². The Morgan fingerprint density at radius 1 is 0.696 bits per heavy atom. The van der Waals surface area contributed by atoms with Gasteiger partial charge in [-0.3, -0.25) is 0 Å². The summed E-state index contributed by atoms with van der Waals surface area (Å²) < 4.78 is 0. The third-order valence-electron chi connectivity index (χ3n) is 3.86. The molecule has 1 rings (SSSR count). The Hall–Kier alpha value is 1.74. The molecule has 1 radical (unpaired) electrons. The predicted molar refractivity (Wildman–Crippen MR) is 86.4 cm³/mol. The second-order valence-electron chi connectivity index (χ2n) is 5.89. The van der Waals surface area contributed by atoms with E-state index in [1.807, 2.05) is 0 Å². The Kier molecular flexibility index (Phi) is 33.9. The maximum absolute atomic E-state index is 3.61. The summed E-state index contributed by atoms with van der Waals surface area (Å²) in [5.74, 6) is 0. The molecular formula is C14H36CuI2N4O2. The Bertz CT molecular complexity index is 193. The van der Waals surface area contributed by atoms with Gasteiger partial charge in [0.15, 0.2) is 0 Å². The van der Waals surface area contributed by atoms with E-state index in [0.29, 0.717) is 12.1 Å².